The Hall–Kier alpha value is -3.22. The van der Waals surface area contributed by atoms with Gasteiger partial charge in [-0.2, -0.15) is 4.98 Å². The Kier molecular flexibility index (Phi) is 3.62. The van der Waals surface area contributed by atoms with Crippen molar-refractivity contribution < 1.29 is 0 Å². The predicted octanol–water partition coefficient (Wildman–Crippen LogP) is 3.13. The molecule has 7 heteroatoms. The maximum atomic E-state index is 4.54. The molecule has 26 heavy (non-hydrogen) atoms. The first-order valence-corrected chi connectivity index (χ1v) is 8.84. The van der Waals surface area contributed by atoms with E-state index >= 15 is 0 Å². The molecular weight excluding hydrogens is 326 g/mol. The van der Waals surface area contributed by atoms with Gasteiger partial charge in [0.2, 0.25) is 5.95 Å². The zero-order valence-electron chi connectivity index (χ0n) is 14.2. The number of aromatic amines is 1. The molecule has 0 spiro atoms. The lowest BCUT2D eigenvalue weighted by Crippen LogP contribution is -2.10. The molecule has 0 saturated heterocycles. The van der Waals surface area contributed by atoms with Gasteiger partial charge < -0.3 is 15.6 Å². The van der Waals surface area contributed by atoms with Gasteiger partial charge in [-0.25, -0.2) is 9.97 Å². The Bertz CT molecular complexity index is 1010. The van der Waals surface area contributed by atoms with Crippen molar-refractivity contribution in [3.63, 3.8) is 0 Å². The zero-order chi connectivity index (χ0) is 17.3. The normalized spacial score (nSPS) is 16.5. The Morgan fingerprint density at radius 3 is 3.04 bits per heavy atom. The second kappa shape index (κ2) is 6.25. The molecule has 5 rings (SSSR count). The highest BCUT2D eigenvalue weighted by atomic mass is 15.2. The molecule has 0 amide bonds. The van der Waals surface area contributed by atoms with E-state index in [9.17, 15) is 0 Å². The summed E-state index contributed by atoms with van der Waals surface area (Å²) >= 11 is 0. The number of nitrogens with zero attached hydrogens (tertiary/aromatic N) is 4. The van der Waals surface area contributed by atoms with Gasteiger partial charge >= 0.3 is 0 Å². The van der Waals surface area contributed by atoms with Crippen molar-refractivity contribution in [3.05, 3.63) is 54.0 Å². The van der Waals surface area contributed by atoms with Gasteiger partial charge in [0.15, 0.2) is 0 Å². The van der Waals surface area contributed by atoms with Gasteiger partial charge in [-0.05, 0) is 54.2 Å². The topological polar surface area (TPSA) is 90.9 Å². The highest BCUT2D eigenvalue weighted by Gasteiger charge is 2.27. The lowest BCUT2D eigenvalue weighted by Gasteiger charge is -2.08. The smallest absolute Gasteiger partial charge is 0.224 e. The zero-order valence-corrected chi connectivity index (χ0v) is 14.2. The minimum Gasteiger partial charge on any atom is -0.350 e. The summed E-state index contributed by atoms with van der Waals surface area (Å²) < 4.78 is 0. The van der Waals surface area contributed by atoms with E-state index in [0.717, 1.165) is 40.7 Å². The van der Waals surface area contributed by atoms with Crippen LogP contribution in [0.15, 0.2) is 53.4 Å². The molecular formula is C19H19N7. The van der Waals surface area contributed by atoms with Crippen molar-refractivity contribution in [3.8, 4) is 0 Å². The number of amidine groups is 1. The van der Waals surface area contributed by atoms with Crippen molar-refractivity contribution in [1.82, 2.24) is 19.9 Å². The van der Waals surface area contributed by atoms with Crippen LogP contribution < -0.4 is 10.6 Å². The van der Waals surface area contributed by atoms with Crippen LogP contribution in [-0.2, 0) is 6.54 Å². The summed E-state index contributed by atoms with van der Waals surface area (Å²) in [6, 6.07) is 7.99. The van der Waals surface area contributed by atoms with Crippen molar-refractivity contribution in [2.45, 2.75) is 19.4 Å². The molecule has 2 aromatic heterocycles. The lowest BCUT2D eigenvalue weighted by atomic mass is 10.2. The Morgan fingerprint density at radius 2 is 2.12 bits per heavy atom. The first kappa shape index (κ1) is 15.1. The molecule has 0 bridgehead atoms. The lowest BCUT2D eigenvalue weighted by molar-refractivity contribution is 0.959. The van der Waals surface area contributed by atoms with Gasteiger partial charge in [-0.15, -0.1) is 0 Å². The number of benzene rings is 1. The minimum absolute atomic E-state index is 0.588. The van der Waals surface area contributed by atoms with Gasteiger partial charge in [0.05, 0.1) is 23.9 Å². The molecule has 3 aromatic rings. The Balaban J connectivity index is 1.24. The second-order valence-electron chi connectivity index (χ2n) is 6.69. The molecule has 0 radical (unpaired) electrons. The van der Waals surface area contributed by atoms with Gasteiger partial charge in [0.25, 0.3) is 0 Å². The van der Waals surface area contributed by atoms with E-state index in [-0.39, 0.29) is 0 Å². The van der Waals surface area contributed by atoms with Crippen molar-refractivity contribution in [2.24, 2.45) is 10.9 Å². The number of imidazole rings is 1. The van der Waals surface area contributed by atoms with E-state index in [0.29, 0.717) is 12.5 Å². The molecule has 1 aliphatic heterocycles. The molecule has 1 aliphatic carbocycles. The fraction of sp³-hybridized carbons (Fsp3) is 0.263. The summed E-state index contributed by atoms with van der Waals surface area (Å²) in [7, 11) is 0. The Morgan fingerprint density at radius 1 is 1.15 bits per heavy atom. The first-order valence-electron chi connectivity index (χ1n) is 8.84. The summed E-state index contributed by atoms with van der Waals surface area (Å²) in [5.74, 6) is 2.98. The van der Waals surface area contributed by atoms with Crippen LogP contribution in [0.1, 0.15) is 18.4 Å². The number of hydrogen-bond donors (Lipinski definition) is 3. The summed E-state index contributed by atoms with van der Waals surface area (Å²) in [5, 5.41) is 6.55. The average Bonchev–Trinajstić information content (AvgIpc) is 3.23. The molecule has 1 saturated carbocycles. The monoisotopic (exact) mass is 345 g/mol. The number of aliphatic imine (C=N–C) groups is 1. The van der Waals surface area contributed by atoms with E-state index in [2.05, 4.69) is 53.8 Å². The molecule has 3 heterocycles. The average molecular weight is 345 g/mol. The highest BCUT2D eigenvalue weighted by Crippen LogP contribution is 2.37. The predicted molar refractivity (Wildman–Crippen MR) is 102 cm³/mol. The maximum absolute atomic E-state index is 4.54. The van der Waals surface area contributed by atoms with E-state index in [1.54, 1.807) is 12.5 Å². The third-order valence-corrected chi connectivity index (χ3v) is 4.70. The molecule has 0 unspecified atom stereocenters. The molecule has 7 nitrogen and oxygen atoms in total. The molecule has 3 N–H and O–H groups in total. The van der Waals surface area contributed by atoms with Crippen LogP contribution in [0.25, 0.3) is 11.0 Å². The van der Waals surface area contributed by atoms with Gasteiger partial charge in [0.1, 0.15) is 11.7 Å². The van der Waals surface area contributed by atoms with E-state index in [1.165, 1.54) is 18.4 Å². The summed E-state index contributed by atoms with van der Waals surface area (Å²) in [5.41, 5.74) is 4.57. The van der Waals surface area contributed by atoms with E-state index in [4.69, 9.17) is 0 Å². The van der Waals surface area contributed by atoms with Crippen molar-refractivity contribution in [2.75, 3.05) is 17.2 Å². The fourth-order valence-electron chi connectivity index (χ4n) is 3.14. The molecule has 0 atom stereocenters. The van der Waals surface area contributed by atoms with Crippen LogP contribution in [0, 0.1) is 5.92 Å². The van der Waals surface area contributed by atoms with Gasteiger partial charge in [-0.1, -0.05) is 6.07 Å². The summed E-state index contributed by atoms with van der Waals surface area (Å²) in [6.07, 6.45) is 8.22. The van der Waals surface area contributed by atoms with Crippen LogP contribution in [0.4, 0.5) is 11.8 Å². The molecule has 130 valence electrons. The number of anilines is 2. The van der Waals surface area contributed by atoms with Gasteiger partial charge in [0, 0.05) is 12.7 Å². The van der Waals surface area contributed by atoms with Crippen LogP contribution in [0.5, 0.6) is 0 Å². The van der Waals surface area contributed by atoms with Gasteiger partial charge in [-0.3, -0.25) is 4.99 Å². The SMILES string of the molecule is C1=C(C2CC2)CN=C1Nc1ccnc(NCc2ccc3nc[nH]c3c2)n1. The number of fused-ring (bicyclic) bond motifs is 1. The molecule has 1 fully saturated rings. The van der Waals surface area contributed by atoms with Crippen LogP contribution >= 0.6 is 0 Å². The minimum atomic E-state index is 0.588. The standard InChI is InChI=1S/C19H19N7/c1-4-15-16(24-11-23-15)7-12(1)9-22-19-20-6-5-17(26-19)25-18-8-14(10-21-18)13-2-3-13/h1,4-8,11,13H,2-3,9-10H2,(H,23,24)(H2,20,21,22,25,26). The van der Waals surface area contributed by atoms with Crippen LogP contribution in [0.3, 0.4) is 0 Å². The number of rotatable bonds is 5. The van der Waals surface area contributed by atoms with Crippen molar-refractivity contribution >= 4 is 28.6 Å². The van der Waals surface area contributed by atoms with Crippen LogP contribution in [0.2, 0.25) is 0 Å². The summed E-state index contributed by atoms with van der Waals surface area (Å²) in [4.78, 5) is 20.7. The van der Waals surface area contributed by atoms with E-state index < -0.39 is 0 Å². The summed E-state index contributed by atoms with van der Waals surface area (Å²) in [6.45, 7) is 1.46. The third kappa shape index (κ3) is 3.15. The fourth-order valence-corrected chi connectivity index (χ4v) is 3.14. The molecule has 1 aromatic carbocycles. The third-order valence-electron chi connectivity index (χ3n) is 4.70. The highest BCUT2D eigenvalue weighted by molar-refractivity contribution is 6.05. The van der Waals surface area contributed by atoms with Crippen LogP contribution in [-0.4, -0.2) is 32.3 Å². The van der Waals surface area contributed by atoms with Crippen molar-refractivity contribution in [1.29, 1.82) is 0 Å². The number of H-pyrrole nitrogens is 1. The quantitative estimate of drug-likeness (QED) is 0.661. The maximum Gasteiger partial charge on any atom is 0.224 e. The number of hydrogen-bond acceptors (Lipinski definition) is 6. The Labute approximate surface area is 150 Å². The molecule has 2 aliphatic rings. The van der Waals surface area contributed by atoms with E-state index in [1.807, 2.05) is 12.1 Å². The number of aromatic nitrogens is 4. The first-order chi connectivity index (χ1) is 12.8. The second-order valence-corrected chi connectivity index (χ2v) is 6.69. The largest absolute Gasteiger partial charge is 0.350 e. The number of nitrogens with one attached hydrogen (secondary N) is 3.